The molecule has 1 unspecified atom stereocenters. The molecule has 7 N–H and O–H groups in total. The number of rotatable bonds is 35. The molecular weight excluding hydrogens is 1320 g/mol. The topological polar surface area (TPSA) is 246 Å². The number of nitrogens with one attached hydrogen (secondary N) is 2. The van der Waals surface area contributed by atoms with Crippen molar-refractivity contribution in [3.8, 4) is 11.5 Å². The Morgan fingerprint density at radius 1 is 0.362 bits per heavy atom. The Bertz CT molecular complexity index is 3750. The number of aliphatic hydroxyl groups is 3. The second-order valence-corrected chi connectivity index (χ2v) is 30.5. The zero-order valence-electron chi connectivity index (χ0n) is 68.0. The van der Waals surface area contributed by atoms with Crippen LogP contribution in [-0.2, 0) is 25.8 Å². The standard InChI is InChI=1S/2C30H43NO5.C30H42O3/c2*1-9-29(10-2,23-11-13-25(21(7)15-23)28(34)31-17-27(32)33)24-12-14-26(22(8)16-24)36-18-30(35,19(3)4)20(5)6;1-9-27(31)25-16-14-23(18-20(25)6)29(10-2,11-3)24-15-17-26(21(7)19-24)28(32)22(8)30(33,12-4)13-5/h2*11-16,19-20,35H,9-10,17-18H2,1-8H3,(H,31,34)(H,32,33);14-19,22,33H,9-13H2,1-8H3. The Kier molecular flexibility index (Phi) is 32.8. The van der Waals surface area contributed by atoms with Crippen molar-refractivity contribution >= 4 is 35.3 Å². The number of amides is 2. The van der Waals surface area contributed by atoms with Gasteiger partial charge in [-0.25, -0.2) is 0 Å². The van der Waals surface area contributed by atoms with Gasteiger partial charge in [-0.3, -0.25) is 28.8 Å². The highest BCUT2D eigenvalue weighted by atomic mass is 16.5. The van der Waals surface area contributed by atoms with Gasteiger partial charge in [-0.05, 0) is 208 Å². The lowest BCUT2D eigenvalue weighted by atomic mass is 9.69. The van der Waals surface area contributed by atoms with Crippen molar-refractivity contribution in [1.29, 1.82) is 0 Å². The largest absolute Gasteiger partial charge is 0.490 e. The summed E-state index contributed by atoms with van der Waals surface area (Å²) in [6.45, 7) is 48.2. The zero-order chi connectivity index (χ0) is 79.5. The Labute approximate surface area is 629 Å². The predicted molar refractivity (Wildman–Crippen MR) is 425 cm³/mol. The summed E-state index contributed by atoms with van der Waals surface area (Å²) in [4.78, 5) is 72.0. The maximum Gasteiger partial charge on any atom is 0.322 e. The molecule has 6 aromatic rings. The highest BCUT2D eigenvalue weighted by Crippen LogP contribution is 2.45. The van der Waals surface area contributed by atoms with E-state index in [4.69, 9.17) is 19.7 Å². The summed E-state index contributed by atoms with van der Waals surface area (Å²) in [5, 5.41) is 55.6. The number of carbonyl (C=O) groups excluding carboxylic acids is 4. The summed E-state index contributed by atoms with van der Waals surface area (Å²) in [7, 11) is 0. The molecule has 0 aliphatic heterocycles. The summed E-state index contributed by atoms with van der Waals surface area (Å²) in [5.74, 6) is -1.39. The van der Waals surface area contributed by atoms with Crippen LogP contribution in [0.4, 0.5) is 0 Å². The molecule has 6 aromatic carbocycles. The molecule has 0 fully saturated rings. The van der Waals surface area contributed by atoms with Crippen LogP contribution in [0.1, 0.15) is 291 Å². The number of aliphatic carboxylic acids is 2. The van der Waals surface area contributed by atoms with Gasteiger partial charge < -0.3 is 45.6 Å². The molecule has 6 rings (SSSR count). The van der Waals surface area contributed by atoms with Crippen molar-refractivity contribution in [3.63, 3.8) is 0 Å². The van der Waals surface area contributed by atoms with Crippen LogP contribution in [0.3, 0.4) is 0 Å². The number of ether oxygens (including phenoxy) is 2. The molecule has 0 aliphatic rings. The number of ketones is 2. The molecule has 576 valence electrons. The van der Waals surface area contributed by atoms with Gasteiger partial charge in [0, 0.05) is 50.8 Å². The molecule has 0 aromatic heterocycles. The lowest BCUT2D eigenvalue weighted by Gasteiger charge is -2.36. The smallest absolute Gasteiger partial charge is 0.322 e. The molecule has 15 heteroatoms. The van der Waals surface area contributed by atoms with E-state index in [2.05, 4.69) is 101 Å². The fraction of sp³-hybridized carbons (Fsp3) is 0.533. The van der Waals surface area contributed by atoms with Gasteiger partial charge in [0.15, 0.2) is 11.6 Å². The van der Waals surface area contributed by atoms with E-state index in [-0.39, 0.29) is 76.5 Å². The number of benzene rings is 6. The predicted octanol–water partition coefficient (Wildman–Crippen LogP) is 18.7. The van der Waals surface area contributed by atoms with E-state index in [1.807, 2.05) is 173 Å². The monoisotopic (exact) mass is 1440 g/mol. The molecule has 0 spiro atoms. The van der Waals surface area contributed by atoms with Crippen LogP contribution >= 0.6 is 0 Å². The first kappa shape index (κ1) is 89.4. The van der Waals surface area contributed by atoms with E-state index in [9.17, 15) is 44.1 Å². The van der Waals surface area contributed by atoms with E-state index in [1.165, 1.54) is 22.3 Å². The van der Waals surface area contributed by atoms with Crippen molar-refractivity contribution < 1.29 is 63.8 Å². The first-order valence-corrected chi connectivity index (χ1v) is 38.4. The summed E-state index contributed by atoms with van der Waals surface area (Å²) in [6, 6.07) is 36.5. The average Bonchev–Trinajstić information content (AvgIpc) is 0.778. The van der Waals surface area contributed by atoms with E-state index >= 15 is 0 Å². The van der Waals surface area contributed by atoms with Crippen molar-refractivity contribution in [3.05, 3.63) is 198 Å². The number of hydrogen-bond donors (Lipinski definition) is 7. The molecule has 0 radical (unpaired) electrons. The van der Waals surface area contributed by atoms with E-state index in [0.29, 0.717) is 36.0 Å². The summed E-state index contributed by atoms with van der Waals surface area (Å²) >= 11 is 0. The molecule has 1 atom stereocenters. The molecule has 0 saturated heterocycles. The van der Waals surface area contributed by atoms with Gasteiger partial charge >= 0.3 is 11.9 Å². The molecule has 105 heavy (non-hydrogen) atoms. The minimum absolute atomic E-state index is 0.00197. The second kappa shape index (κ2) is 38.5. The van der Waals surface area contributed by atoms with Crippen LogP contribution in [0.5, 0.6) is 11.5 Å². The maximum atomic E-state index is 13.3. The molecule has 15 nitrogen and oxygen atoms in total. The van der Waals surface area contributed by atoms with Crippen LogP contribution in [0.25, 0.3) is 0 Å². The van der Waals surface area contributed by atoms with Crippen molar-refractivity contribution in [1.82, 2.24) is 10.6 Å². The Morgan fingerprint density at radius 2 is 0.619 bits per heavy atom. The van der Waals surface area contributed by atoms with E-state index in [1.54, 1.807) is 12.1 Å². The van der Waals surface area contributed by atoms with Gasteiger partial charge in [0.25, 0.3) is 11.8 Å². The fourth-order valence-electron chi connectivity index (χ4n) is 15.3. The first-order chi connectivity index (χ1) is 49.2. The third kappa shape index (κ3) is 20.4. The molecule has 0 bridgehead atoms. The Hall–Kier alpha value is -7.98. The van der Waals surface area contributed by atoms with Gasteiger partial charge in [0.2, 0.25) is 0 Å². The number of carbonyl (C=O) groups is 6. The lowest BCUT2D eigenvalue weighted by molar-refractivity contribution is -0.136. The van der Waals surface area contributed by atoms with Crippen molar-refractivity contribution in [2.45, 2.75) is 257 Å². The molecular formula is C90H128N2O13. The highest BCUT2D eigenvalue weighted by molar-refractivity contribution is 6.00. The average molecular weight is 1450 g/mol. The highest BCUT2D eigenvalue weighted by Gasteiger charge is 2.41. The van der Waals surface area contributed by atoms with Gasteiger partial charge in [-0.1, -0.05) is 210 Å². The van der Waals surface area contributed by atoms with Crippen molar-refractivity contribution in [2.75, 3.05) is 26.3 Å². The minimum Gasteiger partial charge on any atom is -0.490 e. The van der Waals surface area contributed by atoms with Gasteiger partial charge in [0.1, 0.15) is 49.0 Å². The number of carboxylic acid groups (broad SMARTS) is 2. The van der Waals surface area contributed by atoms with Crippen LogP contribution < -0.4 is 20.1 Å². The van der Waals surface area contributed by atoms with Crippen LogP contribution in [0.15, 0.2) is 109 Å². The fourth-order valence-corrected chi connectivity index (χ4v) is 15.3. The Balaban J connectivity index is 0.000000334. The second-order valence-electron chi connectivity index (χ2n) is 30.5. The maximum absolute atomic E-state index is 13.3. The zero-order valence-corrected chi connectivity index (χ0v) is 68.0. The number of aryl methyl sites for hydroxylation is 6. The quantitative estimate of drug-likeness (QED) is 0.0183. The number of carboxylic acids is 2. The number of hydrogen-bond acceptors (Lipinski definition) is 11. The molecule has 0 heterocycles. The van der Waals surface area contributed by atoms with Gasteiger partial charge in [0.05, 0.1) is 5.60 Å². The summed E-state index contributed by atoms with van der Waals surface area (Å²) in [6.07, 6.45) is 6.92. The Morgan fingerprint density at radius 3 is 0.848 bits per heavy atom. The normalized spacial score (nSPS) is 12.5. The summed E-state index contributed by atoms with van der Waals surface area (Å²) < 4.78 is 12.3. The van der Waals surface area contributed by atoms with E-state index in [0.717, 1.165) is 100 Å². The van der Waals surface area contributed by atoms with Gasteiger partial charge in [-0.15, -0.1) is 0 Å². The van der Waals surface area contributed by atoms with Crippen LogP contribution in [0, 0.1) is 71.1 Å². The minimum atomic E-state index is -1.07. The number of Topliss-reactive ketones (excluding diaryl/α,β-unsaturated/α-hetero) is 2. The van der Waals surface area contributed by atoms with Gasteiger partial charge in [-0.2, -0.15) is 0 Å². The first-order valence-electron chi connectivity index (χ1n) is 38.4. The van der Waals surface area contributed by atoms with Crippen LogP contribution in [0.2, 0.25) is 0 Å². The third-order valence-corrected chi connectivity index (χ3v) is 23.7. The molecule has 0 aliphatic carbocycles. The molecule has 0 saturated carbocycles. The third-order valence-electron chi connectivity index (χ3n) is 23.7. The van der Waals surface area contributed by atoms with E-state index < -0.39 is 47.7 Å². The lowest BCUT2D eigenvalue weighted by Crippen LogP contribution is -2.46. The molecule has 2 amide bonds. The van der Waals surface area contributed by atoms with Crippen molar-refractivity contribution in [2.24, 2.45) is 29.6 Å². The summed E-state index contributed by atoms with van der Waals surface area (Å²) in [5.41, 5.74) is 11.5. The SMILES string of the molecule is CCC(=O)c1ccc(C(CC)(CC)c2ccc(C(=O)C(C)C(O)(CC)CC)c(C)c2)cc1C.CCC(CC)(c1ccc(OCC(O)(C(C)C)C(C)C)c(C)c1)c1ccc(C(=O)NCC(=O)O)c(C)c1.CCC(CC)(c1ccc(OCC(O)(C(C)C)C(C)C)c(C)c1)c1ccc(C(=O)NCC(=O)O)c(C)c1. The van der Waals surface area contributed by atoms with Crippen LogP contribution in [-0.4, -0.2) is 104 Å².